The smallest absolute Gasteiger partial charge is 0.335 e. The van der Waals surface area contributed by atoms with Gasteiger partial charge in [-0.15, -0.1) is 0 Å². The number of carbonyl (C=O) groups is 4. The van der Waals surface area contributed by atoms with Gasteiger partial charge in [-0.05, 0) is 42.3 Å². The van der Waals surface area contributed by atoms with Gasteiger partial charge in [0.05, 0.1) is 19.4 Å². The molecule has 3 rings (SSSR count). The first-order valence-corrected chi connectivity index (χ1v) is 10.1. The van der Waals surface area contributed by atoms with Crippen molar-refractivity contribution in [1.29, 1.82) is 0 Å². The van der Waals surface area contributed by atoms with Crippen LogP contribution in [0, 0.1) is 0 Å². The number of primary amides is 1. The first kappa shape index (κ1) is 23.3. The van der Waals surface area contributed by atoms with E-state index in [2.05, 4.69) is 5.32 Å². The minimum absolute atomic E-state index is 0.204. The summed E-state index contributed by atoms with van der Waals surface area (Å²) < 4.78 is 16.2. The average Bonchev–Trinajstić information content (AvgIpc) is 2.79. The summed E-state index contributed by atoms with van der Waals surface area (Å²) in [5, 5.41) is 2.16. The number of imide groups is 2. The van der Waals surface area contributed by atoms with Crippen LogP contribution < -0.4 is 30.2 Å². The third-order valence-electron chi connectivity index (χ3n) is 4.52. The molecular weight excluding hydrogens is 430 g/mol. The molecule has 0 saturated carbocycles. The zero-order valence-electron chi connectivity index (χ0n) is 18.1. The summed E-state index contributed by atoms with van der Waals surface area (Å²) in [6.07, 6.45) is 2.12. The first-order valence-electron chi connectivity index (χ1n) is 10.1. The Kier molecular flexibility index (Phi) is 7.29. The van der Waals surface area contributed by atoms with Gasteiger partial charge >= 0.3 is 6.03 Å². The van der Waals surface area contributed by atoms with E-state index in [4.69, 9.17) is 19.9 Å². The van der Waals surface area contributed by atoms with Gasteiger partial charge in [0.2, 0.25) is 0 Å². The number of barbiturate groups is 1. The summed E-state index contributed by atoms with van der Waals surface area (Å²) in [5.74, 6) is -1.16. The molecule has 2 aromatic rings. The van der Waals surface area contributed by atoms with E-state index in [1.54, 1.807) is 24.3 Å². The Morgan fingerprint density at radius 1 is 1.09 bits per heavy atom. The van der Waals surface area contributed by atoms with Gasteiger partial charge in [-0.1, -0.05) is 19.1 Å². The molecule has 3 N–H and O–H groups in total. The molecule has 1 aliphatic rings. The number of ether oxygens (including phenoxy) is 3. The monoisotopic (exact) mass is 453 g/mol. The molecule has 2 aromatic carbocycles. The van der Waals surface area contributed by atoms with Crippen molar-refractivity contribution in [1.82, 2.24) is 5.32 Å². The van der Waals surface area contributed by atoms with Crippen LogP contribution >= 0.6 is 0 Å². The second kappa shape index (κ2) is 10.3. The van der Waals surface area contributed by atoms with Gasteiger partial charge in [-0.25, -0.2) is 9.69 Å². The van der Waals surface area contributed by atoms with Crippen LogP contribution in [0.3, 0.4) is 0 Å². The number of nitrogens with two attached hydrogens (primary N) is 1. The maximum absolute atomic E-state index is 13.1. The molecule has 10 heteroatoms. The zero-order chi connectivity index (χ0) is 24.0. The van der Waals surface area contributed by atoms with Crippen LogP contribution in [-0.4, -0.2) is 44.1 Å². The zero-order valence-corrected chi connectivity index (χ0v) is 18.1. The number of anilines is 1. The molecule has 0 unspecified atom stereocenters. The highest BCUT2D eigenvalue weighted by Gasteiger charge is 2.37. The lowest BCUT2D eigenvalue weighted by atomic mass is 10.1. The Labute approximate surface area is 189 Å². The topological polar surface area (TPSA) is 137 Å². The molecule has 1 fully saturated rings. The fourth-order valence-corrected chi connectivity index (χ4v) is 3.03. The van der Waals surface area contributed by atoms with Crippen molar-refractivity contribution in [3.05, 3.63) is 53.6 Å². The molecule has 172 valence electrons. The van der Waals surface area contributed by atoms with Crippen LogP contribution in [0.5, 0.6) is 17.2 Å². The van der Waals surface area contributed by atoms with Crippen LogP contribution in [0.1, 0.15) is 18.9 Å². The predicted molar refractivity (Wildman–Crippen MR) is 119 cm³/mol. The standard InChI is InChI=1S/C23H23N3O7/c1-3-9-32-18-8-7-15(12-19(18)31-2)26-22(29)17(21(28)25-23(26)30)11-14-5-4-6-16(10-14)33-13-20(24)27/h4-8,10-12H,3,9,13H2,1-2H3,(H2,24,27)(H,25,28,30)/b17-11-. The molecule has 10 nitrogen and oxygen atoms in total. The van der Waals surface area contributed by atoms with Crippen molar-refractivity contribution in [2.45, 2.75) is 13.3 Å². The third kappa shape index (κ3) is 5.48. The lowest BCUT2D eigenvalue weighted by molar-refractivity contribution is -0.123. The van der Waals surface area contributed by atoms with E-state index in [1.807, 2.05) is 6.92 Å². The van der Waals surface area contributed by atoms with Crippen molar-refractivity contribution >= 4 is 35.5 Å². The SMILES string of the molecule is CCCOc1ccc(N2C(=O)NC(=O)/C(=C/c3cccc(OCC(N)=O)c3)C2=O)cc1OC. The summed E-state index contributed by atoms with van der Waals surface area (Å²) in [7, 11) is 1.44. The van der Waals surface area contributed by atoms with E-state index in [-0.39, 0.29) is 17.9 Å². The predicted octanol–water partition coefficient (Wildman–Crippen LogP) is 2.01. The van der Waals surface area contributed by atoms with Gasteiger partial charge in [-0.2, -0.15) is 0 Å². The molecule has 33 heavy (non-hydrogen) atoms. The van der Waals surface area contributed by atoms with Gasteiger partial charge in [0, 0.05) is 6.07 Å². The van der Waals surface area contributed by atoms with Crippen LogP contribution in [0.15, 0.2) is 48.0 Å². The van der Waals surface area contributed by atoms with Gasteiger partial charge in [0.15, 0.2) is 18.1 Å². The van der Waals surface area contributed by atoms with Crippen molar-refractivity contribution in [3.8, 4) is 17.2 Å². The van der Waals surface area contributed by atoms with Crippen LogP contribution in [-0.2, 0) is 14.4 Å². The van der Waals surface area contributed by atoms with Crippen LogP contribution in [0.2, 0.25) is 0 Å². The van der Waals surface area contributed by atoms with Gasteiger partial charge in [0.25, 0.3) is 17.7 Å². The van der Waals surface area contributed by atoms with Gasteiger partial charge < -0.3 is 19.9 Å². The van der Waals surface area contributed by atoms with E-state index in [0.717, 1.165) is 11.3 Å². The van der Waals surface area contributed by atoms with Crippen molar-refractivity contribution in [2.75, 3.05) is 25.2 Å². The molecule has 1 heterocycles. The highest BCUT2D eigenvalue weighted by molar-refractivity contribution is 6.39. The molecule has 0 spiro atoms. The average molecular weight is 453 g/mol. The molecule has 0 radical (unpaired) electrons. The molecule has 1 saturated heterocycles. The Hall–Kier alpha value is -4.34. The van der Waals surface area contributed by atoms with E-state index in [1.165, 1.54) is 31.4 Å². The summed E-state index contributed by atoms with van der Waals surface area (Å²) in [6, 6.07) is 10.1. The highest BCUT2D eigenvalue weighted by Crippen LogP contribution is 2.33. The number of nitrogens with one attached hydrogen (secondary N) is 1. The molecule has 0 aliphatic carbocycles. The summed E-state index contributed by atoms with van der Waals surface area (Å²) in [4.78, 5) is 49.8. The molecule has 5 amide bonds. The normalized spacial score (nSPS) is 14.8. The highest BCUT2D eigenvalue weighted by atomic mass is 16.5. The number of benzene rings is 2. The number of hydrogen-bond donors (Lipinski definition) is 2. The quantitative estimate of drug-likeness (QED) is 0.438. The van der Waals surface area contributed by atoms with Crippen molar-refractivity contribution in [3.63, 3.8) is 0 Å². The number of methoxy groups -OCH3 is 1. The second-order valence-corrected chi connectivity index (χ2v) is 6.97. The lowest BCUT2D eigenvalue weighted by Crippen LogP contribution is -2.54. The molecule has 1 aliphatic heterocycles. The molecular formula is C23H23N3O7. The number of hydrogen-bond acceptors (Lipinski definition) is 7. The Morgan fingerprint density at radius 2 is 1.88 bits per heavy atom. The molecule has 0 aromatic heterocycles. The van der Waals surface area contributed by atoms with E-state index in [9.17, 15) is 19.2 Å². The largest absolute Gasteiger partial charge is 0.493 e. The Balaban J connectivity index is 1.92. The molecule has 0 atom stereocenters. The third-order valence-corrected chi connectivity index (χ3v) is 4.52. The first-order chi connectivity index (χ1) is 15.8. The van der Waals surface area contributed by atoms with Crippen LogP contribution in [0.25, 0.3) is 6.08 Å². The summed E-state index contributed by atoms with van der Waals surface area (Å²) in [5.41, 5.74) is 5.47. The van der Waals surface area contributed by atoms with Crippen molar-refractivity contribution < 1.29 is 33.4 Å². The fraction of sp³-hybridized carbons (Fsp3) is 0.217. The number of nitrogens with zero attached hydrogens (tertiary/aromatic N) is 1. The minimum atomic E-state index is -0.884. The summed E-state index contributed by atoms with van der Waals surface area (Å²) >= 11 is 0. The van der Waals surface area contributed by atoms with E-state index >= 15 is 0 Å². The Bertz CT molecular complexity index is 1130. The van der Waals surface area contributed by atoms with E-state index < -0.39 is 23.8 Å². The number of amides is 5. The maximum Gasteiger partial charge on any atom is 0.335 e. The van der Waals surface area contributed by atoms with Gasteiger partial charge in [0.1, 0.15) is 11.3 Å². The lowest BCUT2D eigenvalue weighted by Gasteiger charge is -2.27. The molecule has 0 bridgehead atoms. The Morgan fingerprint density at radius 3 is 2.58 bits per heavy atom. The maximum atomic E-state index is 13.1. The van der Waals surface area contributed by atoms with Crippen LogP contribution in [0.4, 0.5) is 10.5 Å². The van der Waals surface area contributed by atoms with Gasteiger partial charge in [-0.3, -0.25) is 19.7 Å². The fourth-order valence-electron chi connectivity index (χ4n) is 3.03. The number of rotatable bonds is 9. The van der Waals surface area contributed by atoms with E-state index in [0.29, 0.717) is 29.4 Å². The minimum Gasteiger partial charge on any atom is -0.493 e. The number of urea groups is 1. The summed E-state index contributed by atoms with van der Waals surface area (Å²) in [6.45, 7) is 2.12. The second-order valence-electron chi connectivity index (χ2n) is 6.97. The van der Waals surface area contributed by atoms with Crippen molar-refractivity contribution in [2.24, 2.45) is 5.73 Å². The number of carbonyl (C=O) groups excluding carboxylic acids is 4.